The Hall–Kier alpha value is -1.28. The van der Waals surface area contributed by atoms with E-state index in [0.29, 0.717) is 5.41 Å². The van der Waals surface area contributed by atoms with Crippen molar-refractivity contribution in [2.75, 3.05) is 6.54 Å². The van der Waals surface area contributed by atoms with E-state index in [-0.39, 0.29) is 5.41 Å². The lowest BCUT2D eigenvalue weighted by Gasteiger charge is -2.16. The normalized spacial score (nSPS) is 27.2. The van der Waals surface area contributed by atoms with Crippen molar-refractivity contribution in [2.24, 2.45) is 11.1 Å². The Labute approximate surface area is 95.8 Å². The highest BCUT2D eigenvalue weighted by Gasteiger charge is 2.61. The van der Waals surface area contributed by atoms with Crippen molar-refractivity contribution in [2.45, 2.75) is 25.7 Å². The average molecular weight is 214 g/mol. The van der Waals surface area contributed by atoms with Gasteiger partial charge < -0.3 is 10.7 Å². The van der Waals surface area contributed by atoms with Gasteiger partial charge in [-0.1, -0.05) is 32.0 Å². The number of aromatic amines is 1. The maximum atomic E-state index is 5.98. The summed E-state index contributed by atoms with van der Waals surface area (Å²) in [7, 11) is 0. The Morgan fingerprint density at radius 1 is 1.31 bits per heavy atom. The number of hydrogen-bond donors (Lipinski definition) is 2. The lowest BCUT2D eigenvalue weighted by molar-refractivity contribution is 0.495. The third-order valence-electron chi connectivity index (χ3n) is 4.31. The van der Waals surface area contributed by atoms with Crippen LogP contribution >= 0.6 is 0 Å². The quantitative estimate of drug-likeness (QED) is 0.793. The van der Waals surface area contributed by atoms with Crippen molar-refractivity contribution in [1.82, 2.24) is 4.98 Å². The van der Waals surface area contributed by atoms with E-state index in [1.165, 1.54) is 23.0 Å². The van der Waals surface area contributed by atoms with Crippen molar-refractivity contribution in [3.05, 3.63) is 36.0 Å². The number of para-hydroxylation sites is 1. The maximum Gasteiger partial charge on any atom is 0.0456 e. The highest BCUT2D eigenvalue weighted by molar-refractivity contribution is 5.81. The zero-order valence-electron chi connectivity index (χ0n) is 9.88. The molecule has 1 aliphatic rings. The molecular weight excluding hydrogens is 196 g/mol. The summed E-state index contributed by atoms with van der Waals surface area (Å²) in [4.78, 5) is 3.52. The molecule has 1 saturated carbocycles. The van der Waals surface area contributed by atoms with Crippen LogP contribution in [0.5, 0.6) is 0 Å². The molecule has 3 N–H and O–H groups in total. The number of nitrogens with one attached hydrogen (secondary N) is 1. The average Bonchev–Trinajstić information content (AvgIpc) is 2.67. The van der Waals surface area contributed by atoms with Crippen molar-refractivity contribution in [3.63, 3.8) is 0 Å². The molecule has 0 aliphatic heterocycles. The third-order valence-corrected chi connectivity index (χ3v) is 4.31. The Balaban J connectivity index is 2.13. The molecule has 1 heterocycles. The molecule has 1 atom stereocenters. The summed E-state index contributed by atoms with van der Waals surface area (Å²) in [5.74, 6) is 0. The van der Waals surface area contributed by atoms with E-state index in [2.05, 4.69) is 49.2 Å². The Morgan fingerprint density at radius 2 is 2.00 bits per heavy atom. The van der Waals surface area contributed by atoms with Crippen LogP contribution in [0.25, 0.3) is 10.9 Å². The van der Waals surface area contributed by atoms with Gasteiger partial charge in [0.25, 0.3) is 0 Å². The monoisotopic (exact) mass is 214 g/mol. The fourth-order valence-electron chi connectivity index (χ4n) is 2.96. The summed E-state index contributed by atoms with van der Waals surface area (Å²) >= 11 is 0. The second-order valence-electron chi connectivity index (χ2n) is 5.62. The molecule has 1 aliphatic carbocycles. The molecule has 0 saturated heterocycles. The Bertz CT molecular complexity index is 505. The summed E-state index contributed by atoms with van der Waals surface area (Å²) < 4.78 is 0. The number of fused-ring (bicyclic) bond motifs is 1. The van der Waals surface area contributed by atoms with Gasteiger partial charge in [0.15, 0.2) is 0 Å². The molecule has 0 spiro atoms. The van der Waals surface area contributed by atoms with Gasteiger partial charge in [-0.2, -0.15) is 0 Å². The van der Waals surface area contributed by atoms with Crippen LogP contribution in [0.3, 0.4) is 0 Å². The number of hydrogen-bond acceptors (Lipinski definition) is 1. The van der Waals surface area contributed by atoms with Crippen molar-refractivity contribution in [1.29, 1.82) is 0 Å². The van der Waals surface area contributed by atoms with E-state index < -0.39 is 0 Å². The lowest BCUT2D eigenvalue weighted by Crippen LogP contribution is -2.25. The van der Waals surface area contributed by atoms with Gasteiger partial charge in [-0.05, 0) is 29.4 Å². The second kappa shape index (κ2) is 2.89. The predicted molar refractivity (Wildman–Crippen MR) is 67.4 cm³/mol. The molecule has 84 valence electrons. The third kappa shape index (κ3) is 1.11. The van der Waals surface area contributed by atoms with Gasteiger partial charge in [-0.3, -0.25) is 0 Å². The van der Waals surface area contributed by atoms with Crippen molar-refractivity contribution in [3.8, 4) is 0 Å². The van der Waals surface area contributed by atoms with E-state index in [9.17, 15) is 0 Å². The number of rotatable bonds is 2. The fraction of sp³-hybridized carbons (Fsp3) is 0.429. The summed E-state index contributed by atoms with van der Waals surface area (Å²) in [5.41, 5.74) is 9.01. The first kappa shape index (κ1) is 9.91. The first-order valence-electron chi connectivity index (χ1n) is 5.87. The topological polar surface area (TPSA) is 41.8 Å². The molecule has 0 bridgehead atoms. The smallest absolute Gasteiger partial charge is 0.0456 e. The van der Waals surface area contributed by atoms with E-state index in [1.54, 1.807) is 0 Å². The van der Waals surface area contributed by atoms with Gasteiger partial charge >= 0.3 is 0 Å². The second-order valence-corrected chi connectivity index (χ2v) is 5.62. The van der Waals surface area contributed by atoms with Crippen LogP contribution in [0.15, 0.2) is 30.3 Å². The predicted octanol–water partition coefficient (Wildman–Crippen LogP) is 2.79. The lowest BCUT2D eigenvalue weighted by atomic mass is 9.92. The first-order chi connectivity index (χ1) is 7.59. The van der Waals surface area contributed by atoms with E-state index in [4.69, 9.17) is 5.73 Å². The molecule has 3 rings (SSSR count). The largest absolute Gasteiger partial charge is 0.358 e. The van der Waals surface area contributed by atoms with E-state index in [0.717, 1.165) is 6.54 Å². The Morgan fingerprint density at radius 3 is 2.56 bits per heavy atom. The molecule has 1 aromatic heterocycles. The molecular formula is C14H18N2. The number of H-pyrrole nitrogens is 1. The van der Waals surface area contributed by atoms with Gasteiger partial charge in [0, 0.05) is 23.2 Å². The standard InChI is InChI=1S/C14H18N2/c1-13(2)8-14(13,9-15)12-7-10-5-3-4-6-11(10)16-12/h3-7,16H,8-9,15H2,1-2H3. The molecule has 0 radical (unpaired) electrons. The maximum absolute atomic E-state index is 5.98. The molecule has 16 heavy (non-hydrogen) atoms. The molecule has 0 amide bonds. The minimum Gasteiger partial charge on any atom is -0.358 e. The van der Waals surface area contributed by atoms with Gasteiger partial charge in [0.05, 0.1) is 0 Å². The molecule has 2 nitrogen and oxygen atoms in total. The molecule has 1 fully saturated rings. The highest BCUT2D eigenvalue weighted by atomic mass is 14.8. The first-order valence-corrected chi connectivity index (χ1v) is 5.87. The van der Waals surface area contributed by atoms with Crippen LogP contribution in [-0.2, 0) is 5.41 Å². The van der Waals surface area contributed by atoms with Crippen LogP contribution in [-0.4, -0.2) is 11.5 Å². The van der Waals surface area contributed by atoms with Crippen LogP contribution in [0.4, 0.5) is 0 Å². The number of aromatic nitrogens is 1. The molecule has 1 unspecified atom stereocenters. The van der Waals surface area contributed by atoms with E-state index >= 15 is 0 Å². The minimum atomic E-state index is 0.173. The van der Waals surface area contributed by atoms with Crippen molar-refractivity contribution >= 4 is 10.9 Å². The molecule has 2 heteroatoms. The van der Waals surface area contributed by atoms with Crippen LogP contribution in [0.1, 0.15) is 26.0 Å². The number of nitrogens with two attached hydrogens (primary N) is 1. The van der Waals surface area contributed by atoms with Crippen LogP contribution in [0.2, 0.25) is 0 Å². The summed E-state index contributed by atoms with van der Waals surface area (Å²) in [6, 6.07) is 10.7. The van der Waals surface area contributed by atoms with Crippen LogP contribution < -0.4 is 5.73 Å². The van der Waals surface area contributed by atoms with E-state index in [1.807, 2.05) is 0 Å². The van der Waals surface area contributed by atoms with Crippen LogP contribution in [0, 0.1) is 5.41 Å². The molecule has 1 aromatic carbocycles. The van der Waals surface area contributed by atoms with Gasteiger partial charge in [-0.25, -0.2) is 0 Å². The summed E-state index contributed by atoms with van der Waals surface area (Å²) in [6.07, 6.45) is 1.18. The zero-order valence-corrected chi connectivity index (χ0v) is 9.88. The van der Waals surface area contributed by atoms with Gasteiger partial charge in [0.1, 0.15) is 0 Å². The molecule has 2 aromatic rings. The van der Waals surface area contributed by atoms with Gasteiger partial charge in [0.2, 0.25) is 0 Å². The fourth-order valence-corrected chi connectivity index (χ4v) is 2.96. The SMILES string of the molecule is CC1(C)CC1(CN)c1cc2ccccc2[nH]1. The van der Waals surface area contributed by atoms with Gasteiger partial charge in [-0.15, -0.1) is 0 Å². The minimum absolute atomic E-state index is 0.173. The summed E-state index contributed by atoms with van der Waals surface area (Å²) in [5, 5.41) is 1.29. The zero-order chi connectivity index (χ0) is 11.4. The highest BCUT2D eigenvalue weighted by Crippen LogP contribution is 2.63. The number of benzene rings is 1. The van der Waals surface area contributed by atoms with Crippen molar-refractivity contribution < 1.29 is 0 Å². The Kier molecular flexibility index (Phi) is 1.79. The summed E-state index contributed by atoms with van der Waals surface area (Å²) in [6.45, 7) is 5.32.